The number of nitrogens with one attached hydrogen (secondary N) is 1. The van der Waals surface area contributed by atoms with Crippen molar-refractivity contribution in [3.05, 3.63) is 59.9 Å². The van der Waals surface area contributed by atoms with Gasteiger partial charge in [-0.2, -0.15) is 0 Å². The van der Waals surface area contributed by atoms with E-state index >= 15 is 0 Å². The van der Waals surface area contributed by atoms with E-state index in [4.69, 9.17) is 5.73 Å². The molecule has 5 nitrogen and oxygen atoms in total. The predicted octanol–water partition coefficient (Wildman–Crippen LogP) is 1.36. The van der Waals surface area contributed by atoms with Crippen molar-refractivity contribution in [3.8, 4) is 0 Å². The highest BCUT2D eigenvalue weighted by Gasteiger charge is 2.06. The van der Waals surface area contributed by atoms with E-state index in [2.05, 4.69) is 10.3 Å². The third-order valence-electron chi connectivity index (χ3n) is 2.50. The molecule has 1 aromatic carbocycles. The minimum absolute atomic E-state index is 0.123. The third kappa shape index (κ3) is 3.64. The van der Waals surface area contributed by atoms with Crippen molar-refractivity contribution in [1.82, 2.24) is 4.98 Å². The van der Waals surface area contributed by atoms with Crippen LogP contribution in [0.5, 0.6) is 0 Å². The second kappa shape index (κ2) is 5.77. The lowest BCUT2D eigenvalue weighted by Gasteiger charge is -2.05. The standard InChI is InChI=1S/C14H13N3O2/c15-14(19)12-9-11(6-7-16-12)17-13(18)8-10-4-2-1-3-5-10/h1-7,9H,8H2,(H2,15,19)(H,16,17,18). The van der Waals surface area contributed by atoms with Gasteiger partial charge in [-0.3, -0.25) is 14.6 Å². The molecule has 0 spiro atoms. The van der Waals surface area contributed by atoms with Crippen LogP contribution >= 0.6 is 0 Å². The van der Waals surface area contributed by atoms with Crippen LogP contribution in [-0.2, 0) is 11.2 Å². The second-order valence-electron chi connectivity index (χ2n) is 4.00. The maximum Gasteiger partial charge on any atom is 0.267 e. The van der Waals surface area contributed by atoms with Crippen molar-refractivity contribution in [3.63, 3.8) is 0 Å². The summed E-state index contributed by atoms with van der Waals surface area (Å²) in [7, 11) is 0. The van der Waals surface area contributed by atoms with Crippen molar-refractivity contribution in [2.75, 3.05) is 5.32 Å². The number of carbonyl (C=O) groups is 2. The SMILES string of the molecule is NC(=O)c1cc(NC(=O)Cc2ccccc2)ccn1. The first-order chi connectivity index (χ1) is 9.15. The molecule has 0 saturated heterocycles. The van der Waals surface area contributed by atoms with E-state index in [-0.39, 0.29) is 18.0 Å². The molecular weight excluding hydrogens is 242 g/mol. The van der Waals surface area contributed by atoms with Gasteiger partial charge in [-0.25, -0.2) is 0 Å². The number of aromatic nitrogens is 1. The normalized spacial score (nSPS) is 9.89. The fraction of sp³-hybridized carbons (Fsp3) is 0.0714. The molecule has 0 aliphatic heterocycles. The summed E-state index contributed by atoms with van der Waals surface area (Å²) in [6.07, 6.45) is 1.70. The molecule has 0 radical (unpaired) electrons. The van der Waals surface area contributed by atoms with E-state index in [1.165, 1.54) is 12.3 Å². The summed E-state index contributed by atoms with van der Waals surface area (Å²) in [5.74, 6) is -0.785. The van der Waals surface area contributed by atoms with Gasteiger partial charge in [0.2, 0.25) is 5.91 Å². The lowest BCUT2D eigenvalue weighted by molar-refractivity contribution is -0.115. The number of nitrogens with two attached hydrogens (primary N) is 1. The van der Waals surface area contributed by atoms with E-state index in [0.29, 0.717) is 5.69 Å². The molecule has 0 fully saturated rings. The Morgan fingerprint density at radius 3 is 2.58 bits per heavy atom. The number of hydrogen-bond acceptors (Lipinski definition) is 3. The molecule has 3 N–H and O–H groups in total. The van der Waals surface area contributed by atoms with Crippen LogP contribution in [0.25, 0.3) is 0 Å². The average Bonchev–Trinajstić information content (AvgIpc) is 2.40. The van der Waals surface area contributed by atoms with Crippen molar-refractivity contribution in [1.29, 1.82) is 0 Å². The quantitative estimate of drug-likeness (QED) is 0.865. The van der Waals surface area contributed by atoms with Crippen molar-refractivity contribution in [2.45, 2.75) is 6.42 Å². The van der Waals surface area contributed by atoms with Crippen LogP contribution < -0.4 is 11.1 Å². The molecule has 0 saturated carbocycles. The zero-order valence-electron chi connectivity index (χ0n) is 10.2. The summed E-state index contributed by atoms with van der Waals surface area (Å²) >= 11 is 0. The summed E-state index contributed by atoms with van der Waals surface area (Å²) in [6.45, 7) is 0. The average molecular weight is 255 g/mol. The van der Waals surface area contributed by atoms with Gasteiger partial charge in [0.25, 0.3) is 5.91 Å². The number of carbonyl (C=O) groups excluding carboxylic acids is 2. The van der Waals surface area contributed by atoms with Gasteiger partial charge in [-0.15, -0.1) is 0 Å². The van der Waals surface area contributed by atoms with Gasteiger partial charge >= 0.3 is 0 Å². The minimum Gasteiger partial charge on any atom is -0.364 e. The Balaban J connectivity index is 2.03. The number of benzene rings is 1. The maximum absolute atomic E-state index is 11.8. The van der Waals surface area contributed by atoms with Crippen LogP contribution in [0.2, 0.25) is 0 Å². The van der Waals surface area contributed by atoms with E-state index in [0.717, 1.165) is 5.56 Å². The molecule has 0 aliphatic rings. The Bertz CT molecular complexity index is 597. The molecule has 96 valence electrons. The van der Waals surface area contributed by atoms with Crippen LogP contribution in [0.15, 0.2) is 48.7 Å². The Kier molecular flexibility index (Phi) is 3.87. The van der Waals surface area contributed by atoms with Crippen molar-refractivity contribution < 1.29 is 9.59 Å². The van der Waals surface area contributed by atoms with Gasteiger partial charge in [0.1, 0.15) is 5.69 Å². The summed E-state index contributed by atoms with van der Waals surface area (Å²) in [5, 5.41) is 2.70. The topological polar surface area (TPSA) is 85.1 Å². The molecule has 0 unspecified atom stereocenters. The highest BCUT2D eigenvalue weighted by molar-refractivity contribution is 5.95. The van der Waals surface area contributed by atoms with Crippen LogP contribution in [-0.4, -0.2) is 16.8 Å². The maximum atomic E-state index is 11.8. The smallest absolute Gasteiger partial charge is 0.267 e. The first-order valence-electron chi connectivity index (χ1n) is 5.75. The number of rotatable bonds is 4. The molecule has 2 amide bonds. The van der Waals surface area contributed by atoms with Gasteiger partial charge in [0.15, 0.2) is 0 Å². The van der Waals surface area contributed by atoms with Crippen LogP contribution in [0.3, 0.4) is 0 Å². The number of pyridine rings is 1. The molecule has 19 heavy (non-hydrogen) atoms. The van der Waals surface area contributed by atoms with Crippen LogP contribution in [0, 0.1) is 0 Å². The molecule has 1 heterocycles. The van der Waals surface area contributed by atoms with Gasteiger partial charge in [-0.05, 0) is 17.7 Å². The monoisotopic (exact) mass is 255 g/mol. The number of amides is 2. The number of anilines is 1. The Labute approximate surface area is 110 Å². The van der Waals surface area contributed by atoms with Gasteiger partial charge in [0, 0.05) is 11.9 Å². The number of hydrogen-bond donors (Lipinski definition) is 2. The highest BCUT2D eigenvalue weighted by atomic mass is 16.2. The summed E-state index contributed by atoms with van der Waals surface area (Å²) in [4.78, 5) is 26.6. The van der Waals surface area contributed by atoms with E-state index in [1.807, 2.05) is 30.3 Å². The molecule has 2 rings (SSSR count). The molecule has 0 atom stereocenters. The third-order valence-corrected chi connectivity index (χ3v) is 2.50. The molecular formula is C14H13N3O2. The zero-order chi connectivity index (χ0) is 13.7. The Hall–Kier alpha value is -2.69. The molecule has 2 aromatic rings. The highest BCUT2D eigenvalue weighted by Crippen LogP contribution is 2.09. The Morgan fingerprint density at radius 2 is 1.89 bits per heavy atom. The summed E-state index contributed by atoms with van der Waals surface area (Å²) in [6, 6.07) is 12.5. The summed E-state index contributed by atoms with van der Waals surface area (Å²) in [5.41, 5.74) is 6.67. The van der Waals surface area contributed by atoms with E-state index in [1.54, 1.807) is 6.07 Å². The fourth-order valence-electron chi connectivity index (χ4n) is 1.63. The predicted molar refractivity (Wildman–Crippen MR) is 71.5 cm³/mol. The zero-order valence-corrected chi connectivity index (χ0v) is 10.2. The minimum atomic E-state index is -0.626. The Morgan fingerprint density at radius 1 is 1.16 bits per heavy atom. The first-order valence-corrected chi connectivity index (χ1v) is 5.75. The molecule has 5 heteroatoms. The number of primary amides is 1. The van der Waals surface area contributed by atoms with Gasteiger partial charge in [-0.1, -0.05) is 30.3 Å². The van der Waals surface area contributed by atoms with Crippen LogP contribution in [0.1, 0.15) is 16.1 Å². The number of nitrogens with zero attached hydrogens (tertiary/aromatic N) is 1. The van der Waals surface area contributed by atoms with Crippen molar-refractivity contribution >= 4 is 17.5 Å². The molecule has 0 bridgehead atoms. The lowest BCUT2D eigenvalue weighted by atomic mass is 10.1. The summed E-state index contributed by atoms with van der Waals surface area (Å²) < 4.78 is 0. The first kappa shape index (κ1) is 12.8. The van der Waals surface area contributed by atoms with E-state index < -0.39 is 5.91 Å². The second-order valence-corrected chi connectivity index (χ2v) is 4.00. The van der Waals surface area contributed by atoms with Crippen LogP contribution in [0.4, 0.5) is 5.69 Å². The molecule has 1 aromatic heterocycles. The van der Waals surface area contributed by atoms with Crippen molar-refractivity contribution in [2.24, 2.45) is 5.73 Å². The fourth-order valence-corrected chi connectivity index (χ4v) is 1.63. The largest absolute Gasteiger partial charge is 0.364 e. The lowest BCUT2D eigenvalue weighted by Crippen LogP contribution is -2.16. The molecule has 0 aliphatic carbocycles. The van der Waals surface area contributed by atoms with E-state index in [9.17, 15) is 9.59 Å². The van der Waals surface area contributed by atoms with Gasteiger partial charge in [0.05, 0.1) is 6.42 Å². The van der Waals surface area contributed by atoms with Gasteiger partial charge < -0.3 is 11.1 Å².